The van der Waals surface area contributed by atoms with Crippen LogP contribution in [0.3, 0.4) is 0 Å². The van der Waals surface area contributed by atoms with Crippen LogP contribution in [0, 0.1) is 12.3 Å². The summed E-state index contributed by atoms with van der Waals surface area (Å²) in [7, 11) is 0. The van der Waals surface area contributed by atoms with Gasteiger partial charge in [0.1, 0.15) is 5.75 Å². The molecule has 0 bridgehead atoms. The number of carbonyl (C=O) groups excluding carboxylic acids is 2. The molecule has 0 radical (unpaired) electrons. The molecule has 0 unspecified atom stereocenters. The Hall–Kier alpha value is -3.27. The maximum atomic E-state index is 13.8. The number of benzene rings is 2. The fourth-order valence-electron chi connectivity index (χ4n) is 7.52. The molecule has 2 aromatic carbocycles. The van der Waals surface area contributed by atoms with Crippen molar-refractivity contribution < 1.29 is 27.5 Å². The maximum absolute atomic E-state index is 13.8. The third-order valence-electron chi connectivity index (χ3n) is 9.93. The van der Waals surface area contributed by atoms with Gasteiger partial charge in [-0.05, 0) is 107 Å². The minimum Gasteiger partial charge on any atom is -0.406 e. The number of nitrogens with zero attached hydrogens (tertiary/aromatic N) is 4. The second-order valence-corrected chi connectivity index (χ2v) is 12.4. The van der Waals surface area contributed by atoms with Gasteiger partial charge in [-0.25, -0.2) is 0 Å². The normalized spacial score (nSPS) is 24.7. The summed E-state index contributed by atoms with van der Waals surface area (Å²) in [5, 5.41) is 0. The largest absolute Gasteiger partial charge is 0.573 e. The highest BCUT2D eigenvalue weighted by atomic mass is 19.4. The SMILES string of the molecule is Cc1cc(N2CC[C@H](N3CCC[C@H]3C)C2)ccc1N1CCC2(CCN(C(=O)c3ccc(OC(F)(F)F)cc3)CC2)C1=O. The highest BCUT2D eigenvalue weighted by Crippen LogP contribution is 2.44. The van der Waals surface area contributed by atoms with Gasteiger partial charge in [0, 0.05) is 61.7 Å². The predicted molar refractivity (Wildman–Crippen MR) is 155 cm³/mol. The zero-order valence-corrected chi connectivity index (χ0v) is 24.3. The number of rotatable bonds is 5. The average Bonchev–Trinajstić information content (AvgIpc) is 3.68. The van der Waals surface area contributed by atoms with Gasteiger partial charge in [0.15, 0.2) is 0 Å². The lowest BCUT2D eigenvalue weighted by molar-refractivity contribution is -0.274. The van der Waals surface area contributed by atoms with Crippen LogP contribution >= 0.6 is 0 Å². The summed E-state index contributed by atoms with van der Waals surface area (Å²) in [6.07, 6.45) is 0.897. The van der Waals surface area contributed by atoms with Crippen LogP contribution in [0.4, 0.5) is 24.5 Å². The van der Waals surface area contributed by atoms with Gasteiger partial charge in [-0.2, -0.15) is 0 Å². The molecule has 2 atom stereocenters. The van der Waals surface area contributed by atoms with Gasteiger partial charge in [-0.1, -0.05) is 0 Å². The van der Waals surface area contributed by atoms with E-state index in [0.717, 1.165) is 42.9 Å². The van der Waals surface area contributed by atoms with Gasteiger partial charge in [-0.3, -0.25) is 14.5 Å². The van der Waals surface area contributed by atoms with Crippen LogP contribution in [-0.4, -0.2) is 79.3 Å². The smallest absolute Gasteiger partial charge is 0.406 e. The molecular weight excluding hydrogens is 545 g/mol. The number of anilines is 2. The molecule has 4 aliphatic rings. The number of carbonyl (C=O) groups is 2. The van der Waals surface area contributed by atoms with Gasteiger partial charge in [0.2, 0.25) is 5.91 Å². The molecule has 4 heterocycles. The van der Waals surface area contributed by atoms with Gasteiger partial charge >= 0.3 is 6.36 Å². The van der Waals surface area contributed by atoms with Crippen molar-refractivity contribution in [1.82, 2.24) is 9.80 Å². The highest BCUT2D eigenvalue weighted by molar-refractivity contribution is 6.01. The zero-order valence-electron chi connectivity index (χ0n) is 24.3. The maximum Gasteiger partial charge on any atom is 0.573 e. The number of amides is 2. The van der Waals surface area contributed by atoms with Gasteiger partial charge in [-0.15, -0.1) is 13.2 Å². The summed E-state index contributed by atoms with van der Waals surface area (Å²) < 4.78 is 41.2. The lowest BCUT2D eigenvalue weighted by atomic mass is 9.77. The van der Waals surface area contributed by atoms with Crippen molar-refractivity contribution in [2.75, 3.05) is 49.1 Å². The molecular formula is C32H39F3N4O3. The number of aryl methyl sites for hydroxylation is 1. The first-order chi connectivity index (χ1) is 20.0. The molecule has 4 fully saturated rings. The molecule has 4 aliphatic heterocycles. The standard InChI is InChI=1S/C32H39F3N4O3/c1-22-20-25(37-16-11-26(21-37)38-15-3-4-23(38)2)7-10-28(22)39-19-14-31(30(39)41)12-17-36(18-13-31)29(40)24-5-8-27(9-6-24)42-32(33,34)35/h5-10,20,23,26H,3-4,11-19,21H2,1-2H3/t23-,26+/m1/s1. The fraction of sp³-hybridized carbons (Fsp3) is 0.562. The summed E-state index contributed by atoms with van der Waals surface area (Å²) >= 11 is 0. The predicted octanol–water partition coefficient (Wildman–Crippen LogP) is 5.62. The summed E-state index contributed by atoms with van der Waals surface area (Å²) in [4.78, 5) is 35.6. The number of alkyl halides is 3. The molecule has 7 nitrogen and oxygen atoms in total. The zero-order chi connectivity index (χ0) is 29.6. The highest BCUT2D eigenvalue weighted by Gasteiger charge is 2.49. The Bertz CT molecular complexity index is 1320. The second kappa shape index (κ2) is 11.1. The van der Waals surface area contributed by atoms with Crippen molar-refractivity contribution in [1.29, 1.82) is 0 Å². The molecule has 0 aliphatic carbocycles. The van der Waals surface area contributed by atoms with Crippen molar-refractivity contribution in [3.05, 3.63) is 53.6 Å². The summed E-state index contributed by atoms with van der Waals surface area (Å²) in [6, 6.07) is 12.7. The van der Waals surface area contributed by atoms with Gasteiger partial charge in [0.25, 0.3) is 5.91 Å². The van der Waals surface area contributed by atoms with Crippen molar-refractivity contribution >= 4 is 23.2 Å². The molecule has 42 heavy (non-hydrogen) atoms. The van der Waals surface area contributed by atoms with E-state index in [-0.39, 0.29) is 17.6 Å². The monoisotopic (exact) mass is 584 g/mol. The van der Waals surface area contributed by atoms with E-state index in [1.54, 1.807) is 4.90 Å². The van der Waals surface area contributed by atoms with E-state index in [1.807, 2.05) is 4.90 Å². The third kappa shape index (κ3) is 5.57. The first-order valence-electron chi connectivity index (χ1n) is 15.1. The number of piperidine rings is 1. The molecule has 1 spiro atoms. The van der Waals surface area contributed by atoms with E-state index in [0.29, 0.717) is 50.1 Å². The average molecular weight is 585 g/mol. The number of hydrogen-bond acceptors (Lipinski definition) is 5. The third-order valence-corrected chi connectivity index (χ3v) is 9.93. The Labute approximate surface area is 245 Å². The lowest BCUT2D eigenvalue weighted by Crippen LogP contribution is -2.46. The second-order valence-electron chi connectivity index (χ2n) is 12.4. The molecule has 2 aromatic rings. The van der Waals surface area contributed by atoms with E-state index < -0.39 is 11.8 Å². The molecule has 0 saturated carbocycles. The van der Waals surface area contributed by atoms with Crippen LogP contribution in [0.1, 0.15) is 61.4 Å². The van der Waals surface area contributed by atoms with Crippen LogP contribution in [0.5, 0.6) is 5.75 Å². The number of halogens is 3. The van der Waals surface area contributed by atoms with Gasteiger partial charge < -0.3 is 19.4 Å². The molecule has 0 aromatic heterocycles. The number of ether oxygens (including phenoxy) is 1. The van der Waals surface area contributed by atoms with Crippen molar-refractivity contribution in [3.63, 3.8) is 0 Å². The van der Waals surface area contributed by atoms with Crippen molar-refractivity contribution in [2.24, 2.45) is 5.41 Å². The topological polar surface area (TPSA) is 56.3 Å². The number of likely N-dealkylation sites (tertiary alicyclic amines) is 2. The molecule has 2 amide bonds. The molecule has 0 N–H and O–H groups in total. The lowest BCUT2D eigenvalue weighted by Gasteiger charge is -2.38. The van der Waals surface area contributed by atoms with E-state index in [2.05, 4.69) is 46.6 Å². The van der Waals surface area contributed by atoms with E-state index in [4.69, 9.17) is 0 Å². The van der Waals surface area contributed by atoms with E-state index >= 15 is 0 Å². The number of hydrogen-bond donors (Lipinski definition) is 0. The van der Waals surface area contributed by atoms with Crippen LogP contribution < -0.4 is 14.5 Å². The van der Waals surface area contributed by atoms with Crippen LogP contribution in [0.15, 0.2) is 42.5 Å². The Morgan fingerprint density at radius 2 is 1.67 bits per heavy atom. The van der Waals surface area contributed by atoms with Crippen molar-refractivity contribution in [2.45, 2.75) is 70.8 Å². The van der Waals surface area contributed by atoms with Crippen LogP contribution in [0.25, 0.3) is 0 Å². The summed E-state index contributed by atoms with van der Waals surface area (Å²) in [5.41, 5.74) is 3.10. The molecule has 226 valence electrons. The Morgan fingerprint density at radius 1 is 0.952 bits per heavy atom. The molecule has 10 heteroatoms. The Balaban J connectivity index is 1.06. The first kappa shape index (κ1) is 28.8. The van der Waals surface area contributed by atoms with E-state index in [1.165, 1.54) is 43.6 Å². The van der Waals surface area contributed by atoms with Gasteiger partial charge in [0.05, 0.1) is 5.41 Å². The van der Waals surface area contributed by atoms with E-state index in [9.17, 15) is 22.8 Å². The first-order valence-corrected chi connectivity index (χ1v) is 15.1. The van der Waals surface area contributed by atoms with Crippen molar-refractivity contribution in [3.8, 4) is 5.75 Å². The summed E-state index contributed by atoms with van der Waals surface area (Å²) in [5.74, 6) is -0.484. The minimum absolute atomic E-state index is 0.128. The van der Waals surface area contributed by atoms with Crippen LogP contribution in [-0.2, 0) is 4.79 Å². The Kier molecular flexibility index (Phi) is 7.62. The Morgan fingerprint density at radius 3 is 2.31 bits per heavy atom. The van der Waals surface area contributed by atoms with Crippen LogP contribution in [0.2, 0.25) is 0 Å². The fourth-order valence-corrected chi connectivity index (χ4v) is 7.52. The summed E-state index contributed by atoms with van der Waals surface area (Å²) in [6.45, 7) is 9.26. The molecule has 6 rings (SSSR count). The molecule has 4 saturated heterocycles. The quantitative estimate of drug-likeness (QED) is 0.457. The minimum atomic E-state index is -4.78.